The fraction of sp³-hybridized carbons (Fsp3) is 0.222. The van der Waals surface area contributed by atoms with Crippen molar-refractivity contribution in [2.24, 2.45) is 15.8 Å². The van der Waals surface area contributed by atoms with E-state index < -0.39 is 28.1 Å². The van der Waals surface area contributed by atoms with E-state index in [1.165, 1.54) is 24.1 Å². The lowest BCUT2D eigenvalue weighted by molar-refractivity contribution is -0.121. The maximum Gasteiger partial charge on any atom is 0.264 e. The van der Waals surface area contributed by atoms with E-state index in [0.717, 1.165) is 16.7 Å². The number of hydrazone groups is 1. The Bertz CT molecular complexity index is 1460. The van der Waals surface area contributed by atoms with Gasteiger partial charge in [0.2, 0.25) is 11.9 Å². The predicted molar refractivity (Wildman–Crippen MR) is 147 cm³/mol. The van der Waals surface area contributed by atoms with Crippen LogP contribution in [0, 0.1) is 6.92 Å². The SMILES string of the molecule is Cc1ccc(S(=O)(=O)NC(=N[C@@H](C(N)=O)[C@@H](C)O)N2C[C@H](c3ccccc3)C(c3ccc(Cl)cc3)=N2)cc1. The van der Waals surface area contributed by atoms with Crippen LogP contribution in [0.15, 0.2) is 93.9 Å². The van der Waals surface area contributed by atoms with E-state index in [1.807, 2.05) is 49.4 Å². The van der Waals surface area contributed by atoms with Crippen molar-refractivity contribution >= 4 is 39.2 Å². The summed E-state index contributed by atoms with van der Waals surface area (Å²) in [4.78, 5) is 16.3. The van der Waals surface area contributed by atoms with Crippen LogP contribution in [0.3, 0.4) is 0 Å². The topological polar surface area (TPSA) is 137 Å². The zero-order valence-electron chi connectivity index (χ0n) is 20.8. The molecule has 3 atom stereocenters. The molecule has 38 heavy (non-hydrogen) atoms. The smallest absolute Gasteiger partial charge is 0.264 e. The molecule has 0 fully saturated rings. The van der Waals surface area contributed by atoms with Crippen molar-refractivity contribution in [1.29, 1.82) is 0 Å². The maximum atomic E-state index is 13.3. The quantitative estimate of drug-likeness (QED) is 0.305. The van der Waals surface area contributed by atoms with Gasteiger partial charge in [-0.05, 0) is 49.2 Å². The van der Waals surface area contributed by atoms with E-state index in [0.29, 0.717) is 10.7 Å². The molecule has 0 spiro atoms. The van der Waals surface area contributed by atoms with Gasteiger partial charge in [0.1, 0.15) is 0 Å². The fourth-order valence-electron chi connectivity index (χ4n) is 4.05. The summed E-state index contributed by atoms with van der Waals surface area (Å²) in [5.74, 6) is -1.40. The van der Waals surface area contributed by atoms with Crippen LogP contribution in [-0.2, 0) is 14.8 Å². The number of nitrogens with zero attached hydrogens (tertiary/aromatic N) is 3. The van der Waals surface area contributed by atoms with Gasteiger partial charge in [-0.1, -0.05) is 71.8 Å². The number of primary amides is 1. The lowest BCUT2D eigenvalue weighted by Crippen LogP contribution is -2.45. The number of hydrogen-bond donors (Lipinski definition) is 3. The normalized spacial score (nSPS) is 17.6. The van der Waals surface area contributed by atoms with E-state index in [4.69, 9.17) is 22.4 Å². The van der Waals surface area contributed by atoms with Gasteiger partial charge in [-0.2, -0.15) is 5.10 Å². The zero-order valence-corrected chi connectivity index (χ0v) is 22.4. The third kappa shape index (κ3) is 6.21. The van der Waals surface area contributed by atoms with Crippen molar-refractivity contribution < 1.29 is 18.3 Å². The van der Waals surface area contributed by atoms with Crippen molar-refractivity contribution in [3.05, 3.63) is 101 Å². The number of guanidine groups is 1. The highest BCUT2D eigenvalue weighted by Crippen LogP contribution is 2.30. The first-order valence-corrected chi connectivity index (χ1v) is 13.7. The first-order valence-electron chi connectivity index (χ1n) is 11.9. The minimum Gasteiger partial charge on any atom is -0.391 e. The Labute approximate surface area is 226 Å². The lowest BCUT2D eigenvalue weighted by Gasteiger charge is -2.22. The van der Waals surface area contributed by atoms with Crippen molar-refractivity contribution in [2.45, 2.75) is 36.8 Å². The molecule has 1 aliphatic heterocycles. The van der Waals surface area contributed by atoms with E-state index >= 15 is 0 Å². The van der Waals surface area contributed by atoms with Crippen LogP contribution in [0.4, 0.5) is 0 Å². The van der Waals surface area contributed by atoms with E-state index in [-0.39, 0.29) is 23.3 Å². The van der Waals surface area contributed by atoms with Crippen LogP contribution >= 0.6 is 11.6 Å². The molecule has 0 saturated heterocycles. The highest BCUT2D eigenvalue weighted by Gasteiger charge is 2.34. The first kappa shape index (κ1) is 27.3. The van der Waals surface area contributed by atoms with Crippen molar-refractivity contribution in [2.75, 3.05) is 6.54 Å². The van der Waals surface area contributed by atoms with Crippen LogP contribution in [-0.4, -0.2) is 54.8 Å². The first-order chi connectivity index (χ1) is 18.0. The number of carbonyl (C=O) groups is 1. The summed E-state index contributed by atoms with van der Waals surface area (Å²) in [5, 5.41) is 16.8. The predicted octanol–water partition coefficient (Wildman–Crippen LogP) is 3.02. The number of nitrogens with one attached hydrogen (secondary N) is 1. The standard InChI is InChI=1S/C27H28ClN5O4S/c1-17-8-14-22(15-9-17)38(36,37)32-27(30-24(18(2)34)26(29)35)33-16-23(19-6-4-3-5-7-19)25(31-33)20-10-12-21(28)13-11-20/h3-15,18,23-24,34H,16H2,1-2H3,(H2,29,35)(H,30,32)/t18-,23-,24-/m1/s1. The number of aryl methyl sites for hydroxylation is 1. The number of hydrogen-bond acceptors (Lipinski definition) is 6. The summed E-state index contributed by atoms with van der Waals surface area (Å²) in [5.41, 5.74) is 8.76. The van der Waals surface area contributed by atoms with Gasteiger partial charge in [0.05, 0.1) is 23.3 Å². The van der Waals surface area contributed by atoms with Crippen LogP contribution < -0.4 is 10.5 Å². The Morgan fingerprint density at radius 3 is 2.32 bits per heavy atom. The van der Waals surface area contributed by atoms with Crippen LogP contribution in [0.5, 0.6) is 0 Å². The Morgan fingerprint density at radius 1 is 1.11 bits per heavy atom. The van der Waals surface area contributed by atoms with Crippen LogP contribution in [0.2, 0.25) is 5.02 Å². The van der Waals surface area contributed by atoms with Gasteiger partial charge in [0, 0.05) is 10.9 Å². The molecule has 1 heterocycles. The highest BCUT2D eigenvalue weighted by atomic mass is 35.5. The van der Waals surface area contributed by atoms with Crippen molar-refractivity contribution in [3.8, 4) is 0 Å². The Morgan fingerprint density at radius 2 is 1.74 bits per heavy atom. The number of aliphatic hydroxyl groups is 1. The number of aliphatic hydroxyl groups excluding tert-OH is 1. The maximum absolute atomic E-state index is 13.3. The minimum absolute atomic E-state index is 0.00387. The molecule has 0 radical (unpaired) electrons. The molecule has 3 aromatic carbocycles. The average Bonchev–Trinajstić information content (AvgIpc) is 3.33. The van der Waals surface area contributed by atoms with Crippen molar-refractivity contribution in [3.63, 3.8) is 0 Å². The second kappa shape index (κ2) is 11.3. The summed E-state index contributed by atoms with van der Waals surface area (Å²) >= 11 is 6.09. The van der Waals surface area contributed by atoms with Crippen LogP contribution in [0.1, 0.15) is 29.5 Å². The second-order valence-corrected chi connectivity index (χ2v) is 11.1. The third-order valence-electron chi connectivity index (χ3n) is 6.07. The summed E-state index contributed by atoms with van der Waals surface area (Å²) in [6.07, 6.45) is -1.27. The molecule has 198 valence electrons. The Balaban J connectivity index is 1.81. The molecule has 0 bridgehead atoms. The summed E-state index contributed by atoms with van der Waals surface area (Å²) in [7, 11) is -4.12. The molecule has 0 unspecified atom stereocenters. The summed E-state index contributed by atoms with van der Waals surface area (Å²) in [6.45, 7) is 3.41. The lowest BCUT2D eigenvalue weighted by atomic mass is 9.91. The highest BCUT2D eigenvalue weighted by molar-refractivity contribution is 7.90. The molecule has 4 rings (SSSR count). The van der Waals surface area contributed by atoms with Gasteiger partial charge >= 0.3 is 0 Å². The second-order valence-electron chi connectivity index (χ2n) is 9.00. The molecule has 0 saturated carbocycles. The zero-order chi connectivity index (χ0) is 27.4. The number of halogens is 1. The van der Waals surface area contributed by atoms with Gasteiger partial charge in [-0.15, -0.1) is 0 Å². The van der Waals surface area contributed by atoms with E-state index in [1.54, 1.807) is 24.3 Å². The van der Waals surface area contributed by atoms with Gasteiger partial charge in [-0.3, -0.25) is 4.79 Å². The molecule has 3 aromatic rings. The fourth-order valence-corrected chi connectivity index (χ4v) is 5.18. The molecule has 11 heteroatoms. The van der Waals surface area contributed by atoms with Gasteiger partial charge in [0.15, 0.2) is 6.04 Å². The molecular weight excluding hydrogens is 526 g/mol. The monoisotopic (exact) mass is 553 g/mol. The van der Waals surface area contributed by atoms with Gasteiger partial charge < -0.3 is 10.8 Å². The number of aliphatic imine (C=N–C) groups is 1. The average molecular weight is 554 g/mol. The molecular formula is C27H28ClN5O4S. The summed E-state index contributed by atoms with van der Waals surface area (Å²) in [6, 6.07) is 21.6. The molecule has 0 aliphatic carbocycles. The minimum atomic E-state index is -4.12. The largest absolute Gasteiger partial charge is 0.391 e. The van der Waals surface area contributed by atoms with Crippen LogP contribution in [0.25, 0.3) is 0 Å². The number of carbonyl (C=O) groups excluding carboxylic acids is 1. The van der Waals surface area contributed by atoms with Crippen molar-refractivity contribution in [1.82, 2.24) is 9.73 Å². The number of benzene rings is 3. The number of sulfonamides is 1. The molecule has 4 N–H and O–H groups in total. The Kier molecular flexibility index (Phi) is 8.15. The number of amides is 1. The van der Waals surface area contributed by atoms with E-state index in [9.17, 15) is 18.3 Å². The van der Waals surface area contributed by atoms with E-state index in [2.05, 4.69) is 9.71 Å². The molecule has 1 amide bonds. The molecule has 9 nitrogen and oxygen atoms in total. The molecule has 0 aromatic heterocycles. The number of nitrogens with two attached hydrogens (primary N) is 1. The third-order valence-corrected chi connectivity index (χ3v) is 7.66. The van der Waals surface area contributed by atoms with Gasteiger partial charge in [0.25, 0.3) is 10.0 Å². The van der Waals surface area contributed by atoms with Gasteiger partial charge in [-0.25, -0.2) is 23.1 Å². The Hall–Kier alpha value is -3.73. The number of rotatable bonds is 7. The summed E-state index contributed by atoms with van der Waals surface area (Å²) < 4.78 is 29.1. The molecule has 1 aliphatic rings.